The standard InChI is InChI=1S/C48H54O5S2/c1-38-30-42(13-10-41-18-23-45(24-19-41)55-29-7-5-27-50-33-48(3)36-52-37-48)20-25-46(38)53-31-43-14-11-39(12-15-43)8-9-40-16-21-44(22-17-40)54-28-6-4-26-49-32-47(2)34-51-35-47/h11-12,14-25,30H,4-7,26-29,31-37H2,1-3H3. The van der Waals surface area contributed by atoms with Crippen LogP contribution < -0.4 is 4.74 Å². The molecule has 0 saturated carbocycles. The highest BCUT2D eigenvalue weighted by Crippen LogP contribution is 2.28. The van der Waals surface area contributed by atoms with E-state index < -0.39 is 0 Å². The predicted molar refractivity (Wildman–Crippen MR) is 226 cm³/mol. The van der Waals surface area contributed by atoms with Gasteiger partial charge < -0.3 is 23.7 Å². The van der Waals surface area contributed by atoms with E-state index in [0.29, 0.717) is 6.61 Å². The number of ether oxygens (including phenoxy) is 5. The van der Waals surface area contributed by atoms with Crippen molar-refractivity contribution in [3.8, 4) is 29.4 Å². The van der Waals surface area contributed by atoms with E-state index in [0.717, 1.165) is 129 Å². The van der Waals surface area contributed by atoms with Crippen LogP contribution in [0.2, 0.25) is 0 Å². The first kappa shape index (κ1) is 41.0. The summed E-state index contributed by atoms with van der Waals surface area (Å²) in [5.74, 6) is 16.3. The van der Waals surface area contributed by atoms with Gasteiger partial charge in [0, 0.05) is 56.1 Å². The van der Waals surface area contributed by atoms with Gasteiger partial charge in [-0.05, 0) is 134 Å². The molecule has 0 spiro atoms. The van der Waals surface area contributed by atoms with Gasteiger partial charge in [-0.1, -0.05) is 49.7 Å². The van der Waals surface area contributed by atoms with E-state index in [2.05, 4.69) is 123 Å². The second kappa shape index (κ2) is 21.0. The van der Waals surface area contributed by atoms with Crippen molar-refractivity contribution in [2.24, 2.45) is 10.8 Å². The summed E-state index contributed by atoms with van der Waals surface area (Å²) in [5, 5.41) is 0. The van der Waals surface area contributed by atoms with Crippen LogP contribution in [-0.4, -0.2) is 64.4 Å². The molecule has 0 atom stereocenters. The molecule has 4 aromatic carbocycles. The van der Waals surface area contributed by atoms with Crippen molar-refractivity contribution >= 4 is 23.5 Å². The second-order valence-corrected chi connectivity index (χ2v) is 17.7. The average molecular weight is 775 g/mol. The Hall–Kier alpha value is -3.66. The highest BCUT2D eigenvalue weighted by molar-refractivity contribution is 7.99. The third-order valence-corrected chi connectivity index (χ3v) is 11.7. The van der Waals surface area contributed by atoms with Crippen LogP contribution in [0.1, 0.15) is 72.9 Å². The summed E-state index contributed by atoms with van der Waals surface area (Å²) in [6, 6.07) is 31.5. The van der Waals surface area contributed by atoms with Crippen LogP contribution in [0.25, 0.3) is 0 Å². The number of thioether (sulfide) groups is 2. The first-order valence-electron chi connectivity index (χ1n) is 19.5. The molecular weight excluding hydrogens is 721 g/mol. The van der Waals surface area contributed by atoms with Crippen LogP contribution in [0.5, 0.6) is 5.75 Å². The highest BCUT2D eigenvalue weighted by atomic mass is 32.2. The molecule has 2 heterocycles. The number of hydrogen-bond acceptors (Lipinski definition) is 7. The van der Waals surface area contributed by atoms with E-state index in [1.165, 1.54) is 9.79 Å². The molecule has 2 aliphatic heterocycles. The van der Waals surface area contributed by atoms with Gasteiger partial charge in [0.1, 0.15) is 12.4 Å². The summed E-state index contributed by atoms with van der Waals surface area (Å²) in [6.45, 7) is 13.6. The zero-order valence-corrected chi connectivity index (χ0v) is 34.3. The molecule has 4 aromatic rings. The molecule has 288 valence electrons. The van der Waals surface area contributed by atoms with Crippen molar-refractivity contribution in [2.75, 3.05) is 64.4 Å². The first-order valence-corrected chi connectivity index (χ1v) is 21.4. The predicted octanol–water partition coefficient (Wildman–Crippen LogP) is 10.2. The van der Waals surface area contributed by atoms with E-state index in [-0.39, 0.29) is 10.8 Å². The third kappa shape index (κ3) is 13.8. The molecule has 6 rings (SSSR count). The van der Waals surface area contributed by atoms with Crippen molar-refractivity contribution in [3.05, 3.63) is 124 Å². The normalized spacial score (nSPS) is 15.1. The van der Waals surface area contributed by atoms with Crippen LogP contribution in [0.3, 0.4) is 0 Å². The molecule has 0 amide bonds. The minimum atomic E-state index is 0.235. The Morgan fingerprint density at radius 2 is 1.00 bits per heavy atom. The maximum Gasteiger partial charge on any atom is 0.122 e. The van der Waals surface area contributed by atoms with Gasteiger partial charge in [-0.3, -0.25) is 0 Å². The Balaban J connectivity index is 0.860. The van der Waals surface area contributed by atoms with Gasteiger partial charge in [0.25, 0.3) is 0 Å². The molecule has 0 aliphatic carbocycles. The fourth-order valence-corrected chi connectivity index (χ4v) is 7.81. The second-order valence-electron chi connectivity index (χ2n) is 15.3. The van der Waals surface area contributed by atoms with Gasteiger partial charge >= 0.3 is 0 Å². The van der Waals surface area contributed by atoms with Crippen LogP contribution >= 0.6 is 23.5 Å². The quantitative estimate of drug-likeness (QED) is 0.0534. The number of aryl methyl sites for hydroxylation is 1. The summed E-state index contributed by atoms with van der Waals surface area (Å²) in [4.78, 5) is 2.55. The summed E-state index contributed by atoms with van der Waals surface area (Å²) in [7, 11) is 0. The smallest absolute Gasteiger partial charge is 0.122 e. The van der Waals surface area contributed by atoms with Crippen molar-refractivity contribution in [1.82, 2.24) is 0 Å². The molecule has 2 fully saturated rings. The Labute approximate surface area is 337 Å². The highest BCUT2D eigenvalue weighted by Gasteiger charge is 2.34. The fraction of sp³-hybridized carbons (Fsp3) is 0.417. The lowest BCUT2D eigenvalue weighted by atomic mass is 9.90. The molecule has 0 radical (unpaired) electrons. The number of benzene rings is 4. The molecule has 55 heavy (non-hydrogen) atoms. The number of hydrogen-bond donors (Lipinski definition) is 0. The monoisotopic (exact) mass is 774 g/mol. The zero-order valence-electron chi connectivity index (χ0n) is 32.6. The maximum absolute atomic E-state index is 6.17. The van der Waals surface area contributed by atoms with Crippen molar-refractivity contribution in [2.45, 2.75) is 62.9 Å². The van der Waals surface area contributed by atoms with Crippen molar-refractivity contribution in [3.63, 3.8) is 0 Å². The van der Waals surface area contributed by atoms with Crippen molar-refractivity contribution in [1.29, 1.82) is 0 Å². The van der Waals surface area contributed by atoms with E-state index in [1.54, 1.807) is 0 Å². The zero-order chi connectivity index (χ0) is 38.2. The van der Waals surface area contributed by atoms with Crippen LogP contribution in [0, 0.1) is 41.4 Å². The SMILES string of the molecule is Cc1cc(C#Cc2ccc(SCCCCOCC3(C)COC3)cc2)ccc1OCc1ccc(C#Cc2ccc(SCCCCOCC3(C)COC3)cc2)cc1. The molecule has 2 saturated heterocycles. The van der Waals surface area contributed by atoms with Gasteiger partial charge in [-0.2, -0.15) is 0 Å². The van der Waals surface area contributed by atoms with Crippen LogP contribution in [0.4, 0.5) is 0 Å². The maximum atomic E-state index is 6.17. The lowest BCUT2D eigenvalue weighted by Gasteiger charge is -2.37. The molecule has 0 bridgehead atoms. The largest absolute Gasteiger partial charge is 0.489 e. The molecular formula is C48H54O5S2. The van der Waals surface area contributed by atoms with Gasteiger partial charge in [0.05, 0.1) is 39.6 Å². The van der Waals surface area contributed by atoms with E-state index >= 15 is 0 Å². The fourth-order valence-electron chi connectivity index (χ4n) is 5.99. The molecule has 0 N–H and O–H groups in total. The Morgan fingerprint density at radius 1 is 0.564 bits per heavy atom. The van der Waals surface area contributed by atoms with Gasteiger partial charge in [-0.25, -0.2) is 0 Å². The third-order valence-electron chi connectivity index (χ3n) is 9.54. The Kier molecular flexibility index (Phi) is 15.7. The summed E-state index contributed by atoms with van der Waals surface area (Å²) < 4.78 is 28.4. The number of rotatable bonds is 19. The molecule has 2 aliphatic rings. The minimum absolute atomic E-state index is 0.235. The Morgan fingerprint density at radius 3 is 1.44 bits per heavy atom. The number of unbranched alkanes of at least 4 members (excludes halogenated alkanes) is 2. The lowest BCUT2D eigenvalue weighted by Crippen LogP contribution is -2.43. The summed E-state index contributed by atoms with van der Waals surface area (Å²) >= 11 is 3.78. The van der Waals surface area contributed by atoms with Crippen LogP contribution in [-0.2, 0) is 25.6 Å². The Bertz CT molecular complexity index is 1910. The summed E-state index contributed by atoms with van der Waals surface area (Å²) in [6.07, 6.45) is 4.47. The van der Waals surface area contributed by atoms with Gasteiger partial charge in [0.2, 0.25) is 0 Å². The molecule has 0 unspecified atom stereocenters. The van der Waals surface area contributed by atoms with E-state index in [9.17, 15) is 0 Å². The molecule has 5 nitrogen and oxygen atoms in total. The van der Waals surface area contributed by atoms with E-state index in [1.807, 2.05) is 35.7 Å². The molecule has 0 aromatic heterocycles. The van der Waals surface area contributed by atoms with Crippen molar-refractivity contribution < 1.29 is 23.7 Å². The summed E-state index contributed by atoms with van der Waals surface area (Å²) in [5.41, 5.74) is 6.63. The average Bonchev–Trinajstić information content (AvgIpc) is 3.18. The molecule has 7 heteroatoms. The van der Waals surface area contributed by atoms with Gasteiger partial charge in [-0.15, -0.1) is 23.5 Å². The van der Waals surface area contributed by atoms with E-state index in [4.69, 9.17) is 23.7 Å². The topological polar surface area (TPSA) is 46.2 Å². The van der Waals surface area contributed by atoms with Gasteiger partial charge in [0.15, 0.2) is 0 Å². The lowest BCUT2D eigenvalue weighted by molar-refractivity contribution is -0.137. The minimum Gasteiger partial charge on any atom is -0.489 e. The first-order chi connectivity index (χ1) is 26.8. The van der Waals surface area contributed by atoms with Crippen LogP contribution in [0.15, 0.2) is 101 Å².